The number of amides is 1. The number of pyridine rings is 1. The number of rotatable bonds is 5. The van der Waals surface area contributed by atoms with Crippen molar-refractivity contribution >= 4 is 17.5 Å². The van der Waals surface area contributed by atoms with Crippen molar-refractivity contribution in [2.24, 2.45) is 5.92 Å². The Morgan fingerprint density at radius 1 is 1.59 bits per heavy atom. The molecule has 2 N–H and O–H groups in total. The van der Waals surface area contributed by atoms with E-state index in [4.69, 9.17) is 11.6 Å². The molecule has 1 amide bonds. The van der Waals surface area contributed by atoms with Crippen LogP contribution in [0.1, 0.15) is 30.6 Å². The lowest BCUT2D eigenvalue weighted by molar-refractivity contribution is 0.0900. The van der Waals surface area contributed by atoms with E-state index in [1.165, 1.54) is 12.4 Å². The fraction of sp³-hybridized carbons (Fsp3) is 0.500. The number of aromatic nitrogens is 1. The number of carbonyl (C=O) groups is 1. The number of nitrogens with one attached hydrogen (secondary N) is 1. The lowest BCUT2D eigenvalue weighted by atomic mass is 10.1. The van der Waals surface area contributed by atoms with Crippen molar-refractivity contribution in [2.75, 3.05) is 6.54 Å². The van der Waals surface area contributed by atoms with Gasteiger partial charge < -0.3 is 10.4 Å². The van der Waals surface area contributed by atoms with E-state index in [0.717, 1.165) is 0 Å². The number of aliphatic hydroxyl groups is 1. The first kappa shape index (κ1) is 13.9. The van der Waals surface area contributed by atoms with Crippen molar-refractivity contribution in [3.05, 3.63) is 29.0 Å². The number of nitrogens with zero attached hydrogens (tertiary/aromatic N) is 1. The minimum atomic E-state index is -0.528. The van der Waals surface area contributed by atoms with Crippen molar-refractivity contribution in [1.82, 2.24) is 10.3 Å². The summed E-state index contributed by atoms with van der Waals surface area (Å²) in [6.45, 7) is 4.27. The predicted molar refractivity (Wildman–Crippen MR) is 67.0 cm³/mol. The molecule has 0 saturated carbocycles. The predicted octanol–water partition coefficient (Wildman–Crippen LogP) is 1.87. The molecule has 1 atom stereocenters. The first-order chi connectivity index (χ1) is 8.00. The van der Waals surface area contributed by atoms with Crippen LogP contribution in [-0.4, -0.2) is 28.6 Å². The molecule has 0 aliphatic rings. The van der Waals surface area contributed by atoms with Crippen LogP contribution in [0.5, 0.6) is 0 Å². The van der Waals surface area contributed by atoms with Gasteiger partial charge in [0.25, 0.3) is 5.91 Å². The van der Waals surface area contributed by atoms with Gasteiger partial charge in [-0.25, -0.2) is 0 Å². The summed E-state index contributed by atoms with van der Waals surface area (Å²) in [7, 11) is 0. The van der Waals surface area contributed by atoms with Gasteiger partial charge in [0.05, 0.1) is 16.7 Å². The van der Waals surface area contributed by atoms with Gasteiger partial charge in [-0.05, 0) is 18.4 Å². The normalized spacial score (nSPS) is 12.5. The maximum atomic E-state index is 11.7. The molecule has 0 unspecified atom stereocenters. The summed E-state index contributed by atoms with van der Waals surface area (Å²) in [4.78, 5) is 15.5. The van der Waals surface area contributed by atoms with E-state index >= 15 is 0 Å². The topological polar surface area (TPSA) is 62.2 Å². The summed E-state index contributed by atoms with van der Waals surface area (Å²) in [6.07, 6.45) is 3.05. The van der Waals surface area contributed by atoms with Crippen LogP contribution in [0.15, 0.2) is 18.5 Å². The number of aliphatic hydroxyl groups excluding tert-OH is 1. The SMILES string of the molecule is CC(C)C[C@H](O)CNC(=O)c1ccncc1Cl. The average Bonchev–Trinajstić information content (AvgIpc) is 2.25. The van der Waals surface area contributed by atoms with Crippen molar-refractivity contribution in [3.8, 4) is 0 Å². The van der Waals surface area contributed by atoms with E-state index in [1.54, 1.807) is 6.07 Å². The Morgan fingerprint density at radius 3 is 2.88 bits per heavy atom. The minimum Gasteiger partial charge on any atom is -0.391 e. The zero-order valence-electron chi connectivity index (χ0n) is 9.98. The minimum absolute atomic E-state index is 0.232. The first-order valence-electron chi connectivity index (χ1n) is 5.56. The molecule has 0 aliphatic carbocycles. The van der Waals surface area contributed by atoms with Gasteiger partial charge in [-0.2, -0.15) is 0 Å². The van der Waals surface area contributed by atoms with Gasteiger partial charge in [-0.15, -0.1) is 0 Å². The maximum Gasteiger partial charge on any atom is 0.252 e. The highest BCUT2D eigenvalue weighted by molar-refractivity contribution is 6.33. The van der Waals surface area contributed by atoms with Crippen molar-refractivity contribution < 1.29 is 9.90 Å². The Kier molecular flexibility index (Phi) is 5.38. The second-order valence-corrected chi connectivity index (χ2v) is 4.76. The van der Waals surface area contributed by atoms with E-state index in [-0.39, 0.29) is 12.5 Å². The third-order valence-electron chi connectivity index (χ3n) is 2.26. The maximum absolute atomic E-state index is 11.7. The highest BCUT2D eigenvalue weighted by Crippen LogP contribution is 2.13. The molecular formula is C12H17ClN2O2. The van der Waals surface area contributed by atoms with E-state index < -0.39 is 6.10 Å². The molecule has 0 aliphatic heterocycles. The number of halogens is 1. The molecule has 0 saturated heterocycles. The summed E-state index contributed by atoms with van der Waals surface area (Å²) in [6, 6.07) is 1.55. The molecule has 1 aromatic heterocycles. The zero-order valence-corrected chi connectivity index (χ0v) is 10.7. The van der Waals surface area contributed by atoms with Gasteiger partial charge >= 0.3 is 0 Å². The fourth-order valence-corrected chi connectivity index (χ4v) is 1.70. The molecule has 5 heteroatoms. The highest BCUT2D eigenvalue weighted by Gasteiger charge is 2.12. The quantitative estimate of drug-likeness (QED) is 0.846. The molecule has 4 nitrogen and oxygen atoms in total. The van der Waals surface area contributed by atoms with Gasteiger partial charge in [0.1, 0.15) is 0 Å². The Hall–Kier alpha value is -1.13. The van der Waals surface area contributed by atoms with E-state index in [0.29, 0.717) is 22.9 Å². The fourth-order valence-electron chi connectivity index (χ4n) is 1.49. The lowest BCUT2D eigenvalue weighted by Gasteiger charge is -2.14. The van der Waals surface area contributed by atoms with Crippen LogP contribution in [0.2, 0.25) is 5.02 Å². The van der Waals surface area contributed by atoms with Gasteiger partial charge in [-0.3, -0.25) is 9.78 Å². The highest BCUT2D eigenvalue weighted by atomic mass is 35.5. The number of hydrogen-bond acceptors (Lipinski definition) is 3. The molecule has 0 radical (unpaired) electrons. The Balaban J connectivity index is 2.48. The third kappa shape index (κ3) is 4.71. The molecule has 0 fully saturated rings. The largest absolute Gasteiger partial charge is 0.391 e. The average molecular weight is 257 g/mol. The summed E-state index contributed by atoms with van der Waals surface area (Å²) in [5, 5.41) is 12.6. The molecule has 1 heterocycles. The number of hydrogen-bond donors (Lipinski definition) is 2. The molecule has 0 aromatic carbocycles. The Bertz CT molecular complexity index is 383. The smallest absolute Gasteiger partial charge is 0.252 e. The van der Waals surface area contributed by atoms with Gasteiger partial charge in [-0.1, -0.05) is 25.4 Å². The number of carbonyl (C=O) groups excluding carboxylic acids is 1. The zero-order chi connectivity index (χ0) is 12.8. The van der Waals surface area contributed by atoms with Gasteiger partial charge in [0.15, 0.2) is 0 Å². The standard InChI is InChI=1S/C12H17ClN2O2/c1-8(2)5-9(16)6-15-12(17)10-3-4-14-7-11(10)13/h3-4,7-9,16H,5-6H2,1-2H3,(H,15,17)/t9-/m0/s1. The van der Waals surface area contributed by atoms with E-state index in [2.05, 4.69) is 10.3 Å². The van der Waals surface area contributed by atoms with Gasteiger partial charge in [0, 0.05) is 18.9 Å². The van der Waals surface area contributed by atoms with E-state index in [1.807, 2.05) is 13.8 Å². The molecule has 1 rings (SSSR count). The van der Waals surface area contributed by atoms with Crippen molar-refractivity contribution in [3.63, 3.8) is 0 Å². The Morgan fingerprint density at radius 2 is 2.29 bits per heavy atom. The van der Waals surface area contributed by atoms with Crippen LogP contribution in [0.4, 0.5) is 0 Å². The molecule has 1 aromatic rings. The van der Waals surface area contributed by atoms with Crippen LogP contribution in [-0.2, 0) is 0 Å². The lowest BCUT2D eigenvalue weighted by Crippen LogP contribution is -2.32. The summed E-state index contributed by atoms with van der Waals surface area (Å²) < 4.78 is 0. The van der Waals surface area contributed by atoms with Crippen LogP contribution in [0.25, 0.3) is 0 Å². The van der Waals surface area contributed by atoms with Crippen LogP contribution in [0, 0.1) is 5.92 Å². The van der Waals surface area contributed by atoms with Gasteiger partial charge in [0.2, 0.25) is 0 Å². The van der Waals surface area contributed by atoms with Crippen molar-refractivity contribution in [2.45, 2.75) is 26.4 Å². The second-order valence-electron chi connectivity index (χ2n) is 4.35. The van der Waals surface area contributed by atoms with E-state index in [9.17, 15) is 9.90 Å². The van der Waals surface area contributed by atoms with Crippen molar-refractivity contribution in [1.29, 1.82) is 0 Å². The molecule has 17 heavy (non-hydrogen) atoms. The summed E-state index contributed by atoms with van der Waals surface area (Å²) in [5.41, 5.74) is 0.374. The third-order valence-corrected chi connectivity index (χ3v) is 2.56. The Labute approximate surface area is 106 Å². The molecule has 0 spiro atoms. The van der Waals surface area contributed by atoms with Crippen LogP contribution < -0.4 is 5.32 Å². The first-order valence-corrected chi connectivity index (χ1v) is 5.94. The monoisotopic (exact) mass is 256 g/mol. The summed E-state index contributed by atoms with van der Waals surface area (Å²) >= 11 is 5.83. The molecule has 0 bridgehead atoms. The molecular weight excluding hydrogens is 240 g/mol. The molecule has 94 valence electrons. The van der Waals surface area contributed by atoms with Crippen LogP contribution >= 0.6 is 11.6 Å². The van der Waals surface area contributed by atoms with Crippen LogP contribution in [0.3, 0.4) is 0 Å². The summed E-state index contributed by atoms with van der Waals surface area (Å²) in [5.74, 6) is 0.103. The second kappa shape index (κ2) is 6.57.